The summed E-state index contributed by atoms with van der Waals surface area (Å²) in [6.07, 6.45) is 2.48. The van der Waals surface area contributed by atoms with E-state index in [0.29, 0.717) is 11.3 Å². The molecule has 8 heteroatoms. The molecule has 0 saturated carbocycles. The van der Waals surface area contributed by atoms with E-state index >= 15 is 0 Å². The average molecular weight is 396 g/mol. The standard InChI is InChI=1S/C20H20N4O3S/c1-20(2,3)27-19(26)24(14-10-7-11-22-12-14)18-23-17(21)16(28-18)15(25)13-8-5-4-6-9-13/h4-12H,21H2,1-3H3. The van der Waals surface area contributed by atoms with Gasteiger partial charge in [-0.2, -0.15) is 0 Å². The average Bonchev–Trinajstić information content (AvgIpc) is 3.02. The smallest absolute Gasteiger partial charge is 0.421 e. The lowest BCUT2D eigenvalue weighted by Gasteiger charge is -2.25. The molecule has 3 aromatic rings. The lowest BCUT2D eigenvalue weighted by atomic mass is 10.1. The summed E-state index contributed by atoms with van der Waals surface area (Å²) in [6.45, 7) is 5.31. The molecule has 0 saturated heterocycles. The number of hydrogen-bond acceptors (Lipinski definition) is 7. The molecule has 7 nitrogen and oxygen atoms in total. The van der Waals surface area contributed by atoms with Gasteiger partial charge >= 0.3 is 6.09 Å². The Morgan fingerprint density at radius 2 is 1.82 bits per heavy atom. The second-order valence-corrected chi connectivity index (χ2v) is 7.91. The van der Waals surface area contributed by atoms with Crippen molar-refractivity contribution in [3.63, 3.8) is 0 Å². The molecule has 1 aromatic carbocycles. The molecule has 0 aliphatic heterocycles. The highest BCUT2D eigenvalue weighted by atomic mass is 32.1. The van der Waals surface area contributed by atoms with Crippen molar-refractivity contribution in [3.8, 4) is 0 Å². The van der Waals surface area contributed by atoms with Gasteiger partial charge in [0.25, 0.3) is 0 Å². The number of nitrogens with zero attached hydrogens (tertiary/aromatic N) is 3. The normalized spacial score (nSPS) is 11.1. The number of rotatable bonds is 4. The molecule has 2 N–H and O–H groups in total. The molecule has 3 rings (SSSR count). The van der Waals surface area contributed by atoms with Crippen LogP contribution in [0.5, 0.6) is 0 Å². The number of aromatic nitrogens is 2. The summed E-state index contributed by atoms with van der Waals surface area (Å²) < 4.78 is 5.50. The first-order chi connectivity index (χ1) is 13.3. The van der Waals surface area contributed by atoms with Gasteiger partial charge in [0.2, 0.25) is 10.9 Å². The third kappa shape index (κ3) is 4.34. The first kappa shape index (κ1) is 19.5. The Morgan fingerprint density at radius 3 is 2.43 bits per heavy atom. The molecule has 2 heterocycles. The number of hydrogen-bond donors (Lipinski definition) is 1. The van der Waals surface area contributed by atoms with E-state index in [-0.39, 0.29) is 21.6 Å². The maximum absolute atomic E-state index is 12.8. The second kappa shape index (κ2) is 7.77. The molecule has 0 radical (unpaired) electrons. The van der Waals surface area contributed by atoms with E-state index in [1.165, 1.54) is 11.1 Å². The zero-order valence-electron chi connectivity index (χ0n) is 15.7. The van der Waals surface area contributed by atoms with Crippen molar-refractivity contribution in [1.82, 2.24) is 9.97 Å². The molecule has 0 aliphatic rings. The fraction of sp³-hybridized carbons (Fsp3) is 0.200. The molecule has 0 aliphatic carbocycles. The molecular weight excluding hydrogens is 376 g/mol. The summed E-state index contributed by atoms with van der Waals surface area (Å²) in [6, 6.07) is 12.2. The van der Waals surface area contributed by atoms with E-state index in [1.54, 1.807) is 63.4 Å². The van der Waals surface area contributed by atoms with Crippen LogP contribution in [0.15, 0.2) is 54.9 Å². The molecule has 2 aromatic heterocycles. The van der Waals surface area contributed by atoms with Crippen LogP contribution in [0, 0.1) is 0 Å². The monoisotopic (exact) mass is 396 g/mol. The van der Waals surface area contributed by atoms with Crippen molar-refractivity contribution < 1.29 is 14.3 Å². The molecular formula is C20H20N4O3S. The van der Waals surface area contributed by atoms with E-state index in [0.717, 1.165) is 11.3 Å². The van der Waals surface area contributed by atoms with Crippen LogP contribution in [0.3, 0.4) is 0 Å². The number of carbonyl (C=O) groups is 2. The Kier molecular flexibility index (Phi) is 5.41. The van der Waals surface area contributed by atoms with Crippen molar-refractivity contribution >= 4 is 39.9 Å². The zero-order chi connectivity index (χ0) is 20.3. The summed E-state index contributed by atoms with van der Waals surface area (Å²) in [5.41, 5.74) is 6.26. The number of nitrogens with two attached hydrogens (primary N) is 1. The number of ketones is 1. The predicted octanol–water partition coefficient (Wildman–Crippen LogP) is 4.42. The summed E-state index contributed by atoms with van der Waals surface area (Å²) in [5.74, 6) is -0.191. The highest BCUT2D eigenvalue weighted by Crippen LogP contribution is 2.35. The number of thiazole rings is 1. The third-order valence-corrected chi connectivity index (χ3v) is 4.61. The van der Waals surface area contributed by atoms with Crippen LogP contribution < -0.4 is 10.6 Å². The van der Waals surface area contributed by atoms with E-state index in [1.807, 2.05) is 6.07 Å². The Morgan fingerprint density at radius 1 is 1.11 bits per heavy atom. The number of carbonyl (C=O) groups excluding carboxylic acids is 2. The maximum Gasteiger partial charge on any atom is 0.421 e. The van der Waals surface area contributed by atoms with Gasteiger partial charge in [-0.25, -0.2) is 14.7 Å². The SMILES string of the molecule is CC(C)(C)OC(=O)N(c1cccnc1)c1nc(N)c(C(=O)c2ccccc2)s1. The lowest BCUT2D eigenvalue weighted by Crippen LogP contribution is -2.33. The topological polar surface area (TPSA) is 98.4 Å². The van der Waals surface area contributed by atoms with Crippen LogP contribution in [-0.2, 0) is 4.74 Å². The minimum absolute atomic E-state index is 0.0614. The molecule has 0 atom stereocenters. The quantitative estimate of drug-likeness (QED) is 0.655. The summed E-state index contributed by atoms with van der Waals surface area (Å²) in [5, 5.41) is 0.235. The zero-order valence-corrected chi connectivity index (χ0v) is 16.6. The van der Waals surface area contributed by atoms with Crippen molar-refractivity contribution in [3.05, 3.63) is 65.3 Å². The highest BCUT2D eigenvalue weighted by Gasteiger charge is 2.29. The molecule has 0 spiro atoms. The van der Waals surface area contributed by atoms with Crippen LogP contribution in [-0.4, -0.2) is 27.4 Å². The summed E-state index contributed by atoms with van der Waals surface area (Å²) in [7, 11) is 0. The van der Waals surface area contributed by atoms with Crippen molar-refractivity contribution in [2.24, 2.45) is 0 Å². The van der Waals surface area contributed by atoms with Crippen LogP contribution >= 0.6 is 11.3 Å². The second-order valence-electron chi connectivity index (χ2n) is 6.93. The van der Waals surface area contributed by atoms with Crippen LogP contribution in [0.1, 0.15) is 36.0 Å². The Balaban J connectivity index is 2.02. The number of anilines is 3. The molecule has 144 valence electrons. The number of pyridine rings is 1. The molecule has 1 amide bonds. The summed E-state index contributed by atoms with van der Waals surface area (Å²) in [4.78, 5) is 35.5. The molecule has 0 bridgehead atoms. The Bertz CT molecular complexity index is 982. The van der Waals surface area contributed by atoms with Gasteiger partial charge in [0.1, 0.15) is 16.3 Å². The Hall–Kier alpha value is -3.26. The first-order valence-electron chi connectivity index (χ1n) is 8.55. The van der Waals surface area contributed by atoms with Gasteiger partial charge in [-0.15, -0.1) is 0 Å². The van der Waals surface area contributed by atoms with E-state index in [9.17, 15) is 9.59 Å². The fourth-order valence-electron chi connectivity index (χ4n) is 2.39. The molecule has 0 unspecified atom stereocenters. The van der Waals surface area contributed by atoms with Crippen molar-refractivity contribution in [1.29, 1.82) is 0 Å². The number of benzene rings is 1. The lowest BCUT2D eigenvalue weighted by molar-refractivity contribution is 0.0599. The van der Waals surface area contributed by atoms with E-state index in [4.69, 9.17) is 10.5 Å². The van der Waals surface area contributed by atoms with Gasteiger partial charge in [-0.05, 0) is 32.9 Å². The third-order valence-electron chi connectivity index (χ3n) is 3.56. The molecule has 0 fully saturated rings. The van der Waals surface area contributed by atoms with E-state index in [2.05, 4.69) is 9.97 Å². The highest BCUT2D eigenvalue weighted by molar-refractivity contribution is 7.18. The summed E-state index contributed by atoms with van der Waals surface area (Å²) >= 11 is 1.03. The van der Waals surface area contributed by atoms with Gasteiger partial charge in [0, 0.05) is 11.8 Å². The van der Waals surface area contributed by atoms with Gasteiger partial charge in [0.15, 0.2) is 0 Å². The van der Waals surface area contributed by atoms with Gasteiger partial charge in [-0.3, -0.25) is 9.78 Å². The predicted molar refractivity (Wildman–Crippen MR) is 109 cm³/mol. The molecule has 28 heavy (non-hydrogen) atoms. The largest absolute Gasteiger partial charge is 0.443 e. The van der Waals surface area contributed by atoms with Gasteiger partial charge in [0.05, 0.1) is 11.9 Å². The number of amides is 1. The van der Waals surface area contributed by atoms with E-state index < -0.39 is 11.7 Å². The van der Waals surface area contributed by atoms with Crippen LogP contribution in [0.4, 0.5) is 21.4 Å². The number of nitrogen functional groups attached to an aromatic ring is 1. The minimum atomic E-state index is -0.705. The van der Waals surface area contributed by atoms with Gasteiger partial charge < -0.3 is 10.5 Å². The van der Waals surface area contributed by atoms with Gasteiger partial charge in [-0.1, -0.05) is 41.7 Å². The Labute approximate surface area is 166 Å². The number of ether oxygens (including phenoxy) is 1. The van der Waals surface area contributed by atoms with Crippen molar-refractivity contribution in [2.45, 2.75) is 26.4 Å². The fourth-order valence-corrected chi connectivity index (χ4v) is 3.35. The maximum atomic E-state index is 12.8. The van der Waals surface area contributed by atoms with Crippen molar-refractivity contribution in [2.75, 3.05) is 10.6 Å². The minimum Gasteiger partial charge on any atom is -0.443 e. The first-order valence-corrected chi connectivity index (χ1v) is 9.37. The van der Waals surface area contributed by atoms with Crippen LogP contribution in [0.25, 0.3) is 0 Å². The van der Waals surface area contributed by atoms with Crippen LogP contribution in [0.2, 0.25) is 0 Å².